The van der Waals surface area contributed by atoms with Crippen LogP contribution in [0.25, 0.3) is 17.1 Å². The van der Waals surface area contributed by atoms with E-state index < -0.39 is 16.9 Å². The Morgan fingerprint density at radius 1 is 1.03 bits per heavy atom. The van der Waals surface area contributed by atoms with Crippen molar-refractivity contribution in [2.45, 2.75) is 25.2 Å². The average Bonchev–Trinajstić information content (AvgIpc) is 3.21. The van der Waals surface area contributed by atoms with Crippen molar-refractivity contribution in [2.75, 3.05) is 47.0 Å². The van der Waals surface area contributed by atoms with Gasteiger partial charge in [0.2, 0.25) is 0 Å². The smallest absolute Gasteiger partial charge is 0.251 e. The molecule has 0 spiro atoms. The fourth-order valence-corrected chi connectivity index (χ4v) is 5.56. The van der Waals surface area contributed by atoms with Gasteiger partial charge in [0.15, 0.2) is 0 Å². The lowest BCUT2D eigenvalue weighted by molar-refractivity contribution is -0.0221. The summed E-state index contributed by atoms with van der Waals surface area (Å²) in [5, 5.41) is 8.75. The molecule has 3 unspecified atom stereocenters. The molecule has 2 aromatic heterocycles. The summed E-state index contributed by atoms with van der Waals surface area (Å²) in [6.45, 7) is 2.58. The van der Waals surface area contributed by atoms with Crippen molar-refractivity contribution in [2.24, 2.45) is 11.8 Å². The van der Waals surface area contributed by atoms with Crippen molar-refractivity contribution in [1.29, 1.82) is 0 Å². The number of piperidine rings is 2. The molecule has 3 aliphatic rings. The van der Waals surface area contributed by atoms with Gasteiger partial charge in [-0.15, -0.1) is 5.10 Å². The van der Waals surface area contributed by atoms with Gasteiger partial charge in [0.25, 0.3) is 5.92 Å². The first-order valence-electron chi connectivity index (χ1n) is 11.9. The van der Waals surface area contributed by atoms with E-state index in [1.165, 1.54) is 6.42 Å². The Morgan fingerprint density at radius 2 is 1.80 bits per heavy atom. The van der Waals surface area contributed by atoms with E-state index in [0.717, 1.165) is 42.0 Å². The highest BCUT2D eigenvalue weighted by atomic mass is 32.2. The summed E-state index contributed by atoms with van der Waals surface area (Å²) in [5.41, 5.74) is 3.98. The van der Waals surface area contributed by atoms with Crippen molar-refractivity contribution in [3.63, 3.8) is 0 Å². The second-order valence-electron chi connectivity index (χ2n) is 9.69. The van der Waals surface area contributed by atoms with Crippen LogP contribution in [0.1, 0.15) is 19.3 Å². The Hall–Kier alpha value is -3.08. The van der Waals surface area contributed by atoms with Gasteiger partial charge in [-0.05, 0) is 48.6 Å². The van der Waals surface area contributed by atoms with Crippen LogP contribution in [0.3, 0.4) is 0 Å². The van der Waals surface area contributed by atoms with Crippen LogP contribution in [-0.4, -0.2) is 62.5 Å². The first-order valence-corrected chi connectivity index (χ1v) is 13.4. The molecule has 2 saturated heterocycles. The maximum atomic E-state index is 13.6. The lowest BCUT2D eigenvalue weighted by Gasteiger charge is -2.32. The monoisotopic (exact) mass is 499 g/mol. The highest BCUT2D eigenvalue weighted by Crippen LogP contribution is 2.47. The van der Waals surface area contributed by atoms with E-state index in [9.17, 15) is 13.0 Å². The van der Waals surface area contributed by atoms with Crippen molar-refractivity contribution in [1.82, 2.24) is 20.0 Å². The molecule has 11 heteroatoms. The van der Waals surface area contributed by atoms with Gasteiger partial charge >= 0.3 is 0 Å². The first kappa shape index (κ1) is 22.4. The molecule has 1 N–H and O–H groups in total. The van der Waals surface area contributed by atoms with E-state index in [1.54, 1.807) is 10.9 Å². The van der Waals surface area contributed by atoms with Gasteiger partial charge < -0.3 is 14.5 Å². The molecule has 0 bridgehead atoms. The normalized spacial score (nSPS) is 23.7. The third kappa shape index (κ3) is 4.61. The molecule has 3 fully saturated rings. The molecule has 4 heterocycles. The number of alkyl halides is 2. The fourth-order valence-electron chi connectivity index (χ4n) is 5.10. The molecule has 0 radical (unpaired) electrons. The first-order chi connectivity index (χ1) is 16.8. The molecule has 35 heavy (non-hydrogen) atoms. The van der Waals surface area contributed by atoms with Crippen LogP contribution in [0.15, 0.2) is 42.6 Å². The molecule has 0 amide bonds. The van der Waals surface area contributed by atoms with Crippen LogP contribution in [-0.2, 0) is 11.0 Å². The minimum absolute atomic E-state index is 0.160. The maximum absolute atomic E-state index is 13.6. The molecule has 2 aliphatic heterocycles. The molecular weight excluding hydrogens is 472 g/mol. The van der Waals surface area contributed by atoms with Gasteiger partial charge in [0, 0.05) is 51.0 Å². The summed E-state index contributed by atoms with van der Waals surface area (Å²) < 4.78 is 43.6. The number of hydrogen-bond acceptors (Lipinski definition) is 6. The number of nitrogens with zero attached hydrogens (tertiary/aromatic N) is 6. The number of hydrogen-bond donors (Lipinski definition) is 1. The van der Waals surface area contributed by atoms with Gasteiger partial charge in [-0.3, -0.25) is 0 Å². The van der Waals surface area contributed by atoms with Crippen molar-refractivity contribution in [3.8, 4) is 17.1 Å². The SMILES string of the molecule is CS(=O)Nc1ccc(-n2cc(-c3cccc(N4CCC(F)(F)CC4)n3)nn2)c(N2CC3CC3C2)c1. The zero-order valence-corrected chi connectivity index (χ0v) is 20.2. The molecular formula is C24H27F2N7OS. The lowest BCUT2D eigenvalue weighted by atomic mass is 10.1. The molecule has 1 saturated carbocycles. The summed E-state index contributed by atoms with van der Waals surface area (Å²) in [6.07, 6.45) is 4.43. The lowest BCUT2D eigenvalue weighted by Crippen LogP contribution is -2.39. The highest BCUT2D eigenvalue weighted by molar-refractivity contribution is 7.85. The summed E-state index contributed by atoms with van der Waals surface area (Å²) in [5.74, 6) is -0.408. The van der Waals surface area contributed by atoms with Gasteiger partial charge in [-0.25, -0.2) is 22.7 Å². The zero-order valence-electron chi connectivity index (χ0n) is 19.4. The quantitative estimate of drug-likeness (QED) is 0.557. The van der Waals surface area contributed by atoms with E-state index in [1.807, 2.05) is 47.5 Å². The molecule has 8 nitrogen and oxygen atoms in total. The van der Waals surface area contributed by atoms with E-state index in [2.05, 4.69) is 19.9 Å². The van der Waals surface area contributed by atoms with E-state index in [0.29, 0.717) is 17.2 Å². The van der Waals surface area contributed by atoms with Gasteiger partial charge in [0.05, 0.1) is 23.3 Å². The third-order valence-corrected chi connectivity index (χ3v) is 7.64. The summed E-state index contributed by atoms with van der Waals surface area (Å²) in [4.78, 5) is 8.95. The number of anilines is 3. The molecule has 3 aromatic rings. The highest BCUT2D eigenvalue weighted by Gasteiger charge is 2.45. The Balaban J connectivity index is 1.28. The molecule has 184 valence electrons. The van der Waals surface area contributed by atoms with Crippen LogP contribution in [0.5, 0.6) is 0 Å². The fraction of sp³-hybridized carbons (Fsp3) is 0.458. The van der Waals surface area contributed by atoms with Crippen LogP contribution < -0.4 is 14.5 Å². The van der Waals surface area contributed by atoms with Gasteiger partial charge in [-0.2, -0.15) is 0 Å². The van der Waals surface area contributed by atoms with E-state index in [-0.39, 0.29) is 25.9 Å². The maximum Gasteiger partial charge on any atom is 0.251 e. The number of benzene rings is 1. The largest absolute Gasteiger partial charge is 0.369 e. The molecule has 6 rings (SSSR count). The van der Waals surface area contributed by atoms with Crippen LogP contribution in [0.4, 0.5) is 26.0 Å². The minimum Gasteiger partial charge on any atom is -0.369 e. The summed E-state index contributed by atoms with van der Waals surface area (Å²) in [6, 6.07) is 11.4. The Morgan fingerprint density at radius 3 is 2.54 bits per heavy atom. The van der Waals surface area contributed by atoms with Crippen molar-refractivity contribution >= 4 is 28.2 Å². The summed E-state index contributed by atoms with van der Waals surface area (Å²) in [7, 11) is -1.16. The number of rotatable bonds is 6. The predicted molar refractivity (Wildman–Crippen MR) is 132 cm³/mol. The Bertz CT molecular complexity index is 1260. The number of halogens is 2. The average molecular weight is 500 g/mol. The Kier molecular flexibility index (Phi) is 5.46. The van der Waals surface area contributed by atoms with Crippen molar-refractivity contribution in [3.05, 3.63) is 42.6 Å². The minimum atomic E-state index is -2.60. The molecule has 1 aromatic carbocycles. The number of aromatic nitrogens is 4. The van der Waals surface area contributed by atoms with Gasteiger partial charge in [-0.1, -0.05) is 11.3 Å². The molecule has 1 aliphatic carbocycles. The van der Waals surface area contributed by atoms with E-state index >= 15 is 0 Å². The van der Waals surface area contributed by atoms with Crippen LogP contribution in [0.2, 0.25) is 0 Å². The predicted octanol–water partition coefficient (Wildman–Crippen LogP) is 3.73. The van der Waals surface area contributed by atoms with Gasteiger partial charge in [0.1, 0.15) is 22.5 Å². The number of pyridine rings is 1. The second-order valence-corrected chi connectivity index (χ2v) is 10.8. The summed E-state index contributed by atoms with van der Waals surface area (Å²) >= 11 is 0. The van der Waals surface area contributed by atoms with Crippen LogP contribution in [0, 0.1) is 11.8 Å². The topological polar surface area (TPSA) is 79.2 Å². The zero-order chi connectivity index (χ0) is 24.2. The molecule has 3 atom stereocenters. The number of nitrogens with one attached hydrogen (secondary N) is 1. The third-order valence-electron chi connectivity index (χ3n) is 7.11. The van der Waals surface area contributed by atoms with E-state index in [4.69, 9.17) is 4.98 Å². The number of fused-ring (bicyclic) bond motifs is 1. The van der Waals surface area contributed by atoms with Crippen molar-refractivity contribution < 1.29 is 13.0 Å². The standard InChI is InChI=1S/C24H27F2N7OS/c1-35(34)29-18-5-6-21(22(12-18)32-13-16-11-17(16)14-32)33-15-20(28-30-33)19-3-2-4-23(27-19)31-9-7-24(25,26)8-10-31/h2-6,12,15-17,29H,7-11,13-14H2,1H3. The second kappa shape index (κ2) is 8.54. The Labute approximate surface area is 204 Å². The van der Waals surface area contributed by atoms with Crippen LogP contribution >= 0.6 is 0 Å².